The van der Waals surface area contributed by atoms with Crippen LogP contribution in [-0.4, -0.2) is 74.0 Å². The van der Waals surface area contributed by atoms with Crippen LogP contribution in [0.1, 0.15) is 69.7 Å². The van der Waals surface area contributed by atoms with Crippen molar-refractivity contribution in [3.8, 4) is 0 Å². The van der Waals surface area contributed by atoms with Gasteiger partial charge in [0.15, 0.2) is 0 Å². The summed E-state index contributed by atoms with van der Waals surface area (Å²) in [5.41, 5.74) is 3.69. The molecule has 60 heavy (non-hydrogen) atoms. The first-order valence-corrected chi connectivity index (χ1v) is 16.5. The van der Waals surface area contributed by atoms with Crippen molar-refractivity contribution < 1.29 is 84.0 Å². The van der Waals surface area contributed by atoms with Gasteiger partial charge < -0.3 is 102 Å². The predicted octanol–water partition coefficient (Wildman–Crippen LogP) is 10.1. The number of hydrogen-bond acceptors (Lipinski definition) is 6. The van der Waals surface area contributed by atoms with Crippen molar-refractivity contribution in [1.82, 2.24) is 19.9 Å². The smallest absolute Gasteiger partial charge is 2.00 e. The van der Waals surface area contributed by atoms with Gasteiger partial charge in [0.1, 0.15) is 0 Å². The van der Waals surface area contributed by atoms with Gasteiger partial charge >= 0.3 is 17.1 Å². The van der Waals surface area contributed by atoms with E-state index >= 15 is 0 Å². The van der Waals surface area contributed by atoms with Crippen LogP contribution < -0.4 is 0 Å². The number of pyridine rings is 4. The largest absolute Gasteiger partial charge is 2.00 e. The summed E-state index contributed by atoms with van der Waals surface area (Å²) in [5.74, 6) is 0. The SMILES string of the molecule is CCC.CCC.O.OC(C[N-]Cc1ccccn1)C[N-]Cc1ccccn1.O[C@@H](CC[N-]Cc1ccccn1)C[N-]Cc1ccccn1.[CH3-].[CH3-].[CH3-].[CH3-].[CH3-].[CH3-].[CH3-].[Cu+2].[Cu].[Cu].[Cu].[S-2]. The van der Waals surface area contributed by atoms with E-state index in [1.807, 2.05) is 72.8 Å². The van der Waals surface area contributed by atoms with E-state index in [4.69, 9.17) is 0 Å². The van der Waals surface area contributed by atoms with Crippen LogP contribution in [0.25, 0.3) is 21.3 Å². The van der Waals surface area contributed by atoms with Crippen LogP contribution >= 0.6 is 0 Å². The van der Waals surface area contributed by atoms with Gasteiger partial charge in [-0.05, 0) is 55.0 Å². The first kappa shape index (κ1) is 93.6. The first-order valence-electron chi connectivity index (χ1n) is 16.5. The second kappa shape index (κ2) is 69.4. The van der Waals surface area contributed by atoms with Crippen molar-refractivity contribution in [3.05, 3.63) is 194 Å². The molecule has 4 aromatic rings. The van der Waals surface area contributed by atoms with Gasteiger partial charge in [0.25, 0.3) is 0 Å². The van der Waals surface area contributed by atoms with E-state index in [0.717, 1.165) is 22.8 Å². The van der Waals surface area contributed by atoms with Crippen molar-refractivity contribution in [2.24, 2.45) is 0 Å². The molecule has 0 aromatic carbocycles. The normalized spacial score (nSPS) is 8.52. The Balaban J connectivity index is -0.0000000495. The number of rotatable bonds is 17. The number of aliphatic hydroxyl groups excluding tert-OH is 2. The summed E-state index contributed by atoms with van der Waals surface area (Å²) in [6.07, 6.45) is 9.13. The maximum Gasteiger partial charge on any atom is 2.00 e. The molecule has 4 N–H and O–H groups in total. The van der Waals surface area contributed by atoms with Gasteiger partial charge in [-0.3, -0.25) is 19.9 Å². The average molecular weight is 1050 g/mol. The van der Waals surface area contributed by atoms with E-state index in [0.29, 0.717) is 58.8 Å². The van der Waals surface area contributed by atoms with Crippen LogP contribution in [0, 0.1) is 52.0 Å². The van der Waals surface area contributed by atoms with Crippen LogP contribution in [-0.2, 0) is 108 Å². The summed E-state index contributed by atoms with van der Waals surface area (Å²) in [7, 11) is 0. The summed E-state index contributed by atoms with van der Waals surface area (Å²) >= 11 is 0. The summed E-state index contributed by atoms with van der Waals surface area (Å²) < 4.78 is 0. The Kier molecular flexibility index (Phi) is 108. The molecule has 0 saturated carbocycles. The van der Waals surface area contributed by atoms with Gasteiger partial charge in [-0.15, -0.1) is 52.4 Å². The maximum atomic E-state index is 9.83. The van der Waals surface area contributed by atoms with Crippen LogP contribution in [0.15, 0.2) is 97.6 Å². The molecule has 0 amide bonds. The van der Waals surface area contributed by atoms with Crippen LogP contribution in [0.3, 0.4) is 0 Å². The summed E-state index contributed by atoms with van der Waals surface area (Å²) in [6.45, 7) is 12.5. The molecular formula is C44H77Cu4N8O3S-11. The molecule has 0 aliphatic carbocycles. The monoisotopic (exact) mass is 1050 g/mol. The van der Waals surface area contributed by atoms with E-state index in [9.17, 15) is 10.2 Å². The molecule has 4 heterocycles. The average Bonchev–Trinajstić information content (AvgIpc) is 3.10. The van der Waals surface area contributed by atoms with Crippen molar-refractivity contribution >= 4 is 13.5 Å². The summed E-state index contributed by atoms with van der Waals surface area (Å²) in [5, 5.41) is 36.9. The van der Waals surface area contributed by atoms with Gasteiger partial charge in [-0.25, -0.2) is 0 Å². The molecule has 4 radical (unpaired) electrons. The fraction of sp³-hybridized carbons (Fsp3) is 0.386. The molecule has 11 nitrogen and oxygen atoms in total. The molecule has 4 aromatic heterocycles. The third kappa shape index (κ3) is 56.7. The third-order valence-corrected chi connectivity index (χ3v) is 5.64. The van der Waals surface area contributed by atoms with Gasteiger partial charge in [0.05, 0.1) is 0 Å². The Labute approximate surface area is 419 Å². The van der Waals surface area contributed by atoms with Gasteiger partial charge in [-0.2, -0.15) is 0 Å². The number of aromatic nitrogens is 4. The fourth-order valence-electron chi connectivity index (χ4n) is 3.53. The zero-order chi connectivity index (χ0) is 34.2. The van der Waals surface area contributed by atoms with E-state index in [1.54, 1.807) is 24.8 Å². The van der Waals surface area contributed by atoms with E-state index in [1.165, 1.54) is 12.8 Å². The molecular weight excluding hydrogens is 975 g/mol. The third-order valence-electron chi connectivity index (χ3n) is 5.64. The Hall–Kier alpha value is -1.25. The van der Waals surface area contributed by atoms with Crippen molar-refractivity contribution in [1.29, 1.82) is 0 Å². The van der Waals surface area contributed by atoms with Gasteiger partial charge in [0.2, 0.25) is 0 Å². The molecule has 0 fully saturated rings. The van der Waals surface area contributed by atoms with Gasteiger partial charge in [-0.1, -0.05) is 64.8 Å². The Morgan fingerprint density at radius 2 is 0.683 bits per heavy atom. The molecule has 0 unspecified atom stereocenters. The second-order valence-corrected chi connectivity index (χ2v) is 10.6. The minimum atomic E-state index is -0.539. The number of hydrogen-bond donors (Lipinski definition) is 2. The van der Waals surface area contributed by atoms with E-state index < -0.39 is 12.2 Å². The molecule has 4 rings (SSSR count). The minimum absolute atomic E-state index is 0. The molecule has 0 spiro atoms. The Morgan fingerprint density at radius 3 is 0.917 bits per heavy atom. The van der Waals surface area contributed by atoms with Crippen molar-refractivity contribution in [2.75, 3.05) is 26.2 Å². The number of aliphatic hydroxyl groups is 2. The summed E-state index contributed by atoms with van der Waals surface area (Å²) in [6, 6.07) is 22.9. The Bertz CT molecular complexity index is 1180. The summed E-state index contributed by atoms with van der Waals surface area (Å²) in [4.78, 5) is 16.7. The first-order chi connectivity index (χ1) is 23.0. The molecule has 0 bridgehead atoms. The minimum Gasteiger partial charge on any atom is -2.00 e. The van der Waals surface area contributed by atoms with Crippen molar-refractivity contribution in [2.45, 2.75) is 85.3 Å². The topological polar surface area (TPSA) is 180 Å². The predicted molar refractivity (Wildman–Crippen MR) is 249 cm³/mol. The van der Waals surface area contributed by atoms with Gasteiger partial charge in [0, 0.05) is 111 Å². The molecule has 0 aliphatic rings. The molecule has 0 aliphatic heterocycles. The molecule has 372 valence electrons. The molecule has 0 saturated heterocycles. The zero-order valence-corrected chi connectivity index (χ0v) is 42.3. The van der Waals surface area contributed by atoms with Crippen molar-refractivity contribution in [3.63, 3.8) is 0 Å². The van der Waals surface area contributed by atoms with Crippen LogP contribution in [0.4, 0.5) is 0 Å². The molecule has 1 atom stereocenters. The quantitative estimate of drug-likeness (QED) is 0.0603. The number of nitrogens with zero attached hydrogens (tertiary/aromatic N) is 8. The standard InChI is InChI=1S/C16H20N4O.C15H18N4O.2C3H8.7CH3.4Cu.H2O.S/c21-16(13-18-12-15-6-2-4-9-20-15)7-10-17-11-14-5-1-3-8-19-14;20-15(11-16-9-13-5-1-3-7-18-13)12-17-10-14-6-2-4-8-19-14;2*1-3-2;;;;;;;;;;;;;/h1-6,8-9,16,21H,7,10-13H2;1-8,15,20H,9-12H2;2*3H2,1-2H3;7*1H3;;;;;1H2;/q2*-2;;;7*-1;;;;+2;;-2/t16-;;;;;;;;;;;;;;;;/m0................/s1. The molecule has 16 heteroatoms. The fourth-order valence-corrected chi connectivity index (χ4v) is 3.53. The maximum absolute atomic E-state index is 9.83. The van der Waals surface area contributed by atoms with E-state index in [-0.39, 0.29) is 139 Å². The second-order valence-electron chi connectivity index (χ2n) is 10.6. The zero-order valence-electron chi connectivity index (χ0n) is 37.8. The van der Waals surface area contributed by atoms with Crippen LogP contribution in [0.5, 0.6) is 0 Å². The Morgan fingerprint density at radius 1 is 0.450 bits per heavy atom. The van der Waals surface area contributed by atoms with Crippen LogP contribution in [0.2, 0.25) is 0 Å². The van der Waals surface area contributed by atoms with E-state index in [2.05, 4.69) is 68.9 Å².